The molecule has 1 fully saturated rings. The van der Waals surface area contributed by atoms with Gasteiger partial charge in [-0.2, -0.15) is 0 Å². The minimum atomic E-state index is 0.791. The summed E-state index contributed by atoms with van der Waals surface area (Å²) >= 11 is 5.87. The molecule has 19 heavy (non-hydrogen) atoms. The zero-order valence-electron chi connectivity index (χ0n) is 10.9. The van der Waals surface area contributed by atoms with Gasteiger partial charge in [0.1, 0.15) is 0 Å². The molecule has 2 aromatic carbocycles. The number of nitrogens with one attached hydrogen (secondary N) is 1. The second kappa shape index (κ2) is 5.77. The summed E-state index contributed by atoms with van der Waals surface area (Å²) in [6.45, 7) is 1.79. The van der Waals surface area contributed by atoms with Gasteiger partial charge in [0.05, 0.1) is 0 Å². The van der Waals surface area contributed by atoms with E-state index in [4.69, 9.17) is 11.6 Å². The summed E-state index contributed by atoms with van der Waals surface area (Å²) in [5.74, 6) is 0.844. The molecule has 0 aliphatic heterocycles. The van der Waals surface area contributed by atoms with Gasteiger partial charge in [-0.15, -0.1) is 0 Å². The lowest BCUT2D eigenvalue weighted by Gasteiger charge is -2.06. The highest BCUT2D eigenvalue weighted by Gasteiger charge is 2.22. The summed E-state index contributed by atoms with van der Waals surface area (Å²) in [5, 5.41) is 4.25. The van der Waals surface area contributed by atoms with Crippen LogP contribution in [0.2, 0.25) is 5.02 Å². The monoisotopic (exact) mass is 271 g/mol. The molecular formula is C17H18ClN. The largest absolute Gasteiger partial charge is 0.309 e. The third-order valence-corrected chi connectivity index (χ3v) is 3.85. The Balaban J connectivity index is 1.50. The average Bonchev–Trinajstić information content (AvgIpc) is 3.26. The highest BCUT2D eigenvalue weighted by atomic mass is 35.5. The molecular weight excluding hydrogens is 254 g/mol. The van der Waals surface area contributed by atoms with Crippen molar-refractivity contribution in [2.45, 2.75) is 31.8 Å². The summed E-state index contributed by atoms with van der Waals surface area (Å²) in [6, 6.07) is 17.0. The standard InChI is InChI=1S/C17H18ClN/c18-17-9-3-14(4-10-17)12-19-11-13-1-5-15(6-2-13)16-7-8-16/h1-6,9-10,16,19H,7-8,11-12H2. The summed E-state index contributed by atoms with van der Waals surface area (Å²) in [5.41, 5.74) is 4.11. The van der Waals surface area contributed by atoms with E-state index in [1.165, 1.54) is 29.5 Å². The summed E-state index contributed by atoms with van der Waals surface area (Å²) < 4.78 is 0. The van der Waals surface area contributed by atoms with Crippen molar-refractivity contribution < 1.29 is 0 Å². The first-order chi connectivity index (χ1) is 9.31. The first-order valence-electron chi connectivity index (χ1n) is 6.85. The first kappa shape index (κ1) is 12.7. The molecule has 2 heteroatoms. The van der Waals surface area contributed by atoms with Crippen LogP contribution in [0.4, 0.5) is 0 Å². The van der Waals surface area contributed by atoms with Crippen LogP contribution in [-0.2, 0) is 13.1 Å². The normalized spacial score (nSPS) is 14.6. The lowest BCUT2D eigenvalue weighted by Crippen LogP contribution is -2.12. The fourth-order valence-electron chi connectivity index (χ4n) is 2.28. The van der Waals surface area contributed by atoms with Crippen LogP contribution in [0.3, 0.4) is 0 Å². The summed E-state index contributed by atoms with van der Waals surface area (Å²) in [4.78, 5) is 0. The first-order valence-corrected chi connectivity index (χ1v) is 7.23. The Morgan fingerprint density at radius 1 is 0.842 bits per heavy atom. The van der Waals surface area contributed by atoms with Crippen LogP contribution in [0.1, 0.15) is 35.4 Å². The number of hydrogen-bond acceptors (Lipinski definition) is 1. The van der Waals surface area contributed by atoms with Gasteiger partial charge in [-0.05, 0) is 47.6 Å². The SMILES string of the molecule is Clc1ccc(CNCc2ccc(C3CC3)cc2)cc1. The number of rotatable bonds is 5. The summed E-state index contributed by atoms with van der Waals surface area (Å²) in [6.07, 6.45) is 2.74. The lowest BCUT2D eigenvalue weighted by molar-refractivity contribution is 0.693. The van der Waals surface area contributed by atoms with Crippen LogP contribution in [-0.4, -0.2) is 0 Å². The quantitative estimate of drug-likeness (QED) is 0.844. The Kier molecular flexibility index (Phi) is 3.86. The number of halogens is 1. The van der Waals surface area contributed by atoms with E-state index in [1.54, 1.807) is 0 Å². The van der Waals surface area contributed by atoms with Crippen molar-refractivity contribution in [3.63, 3.8) is 0 Å². The second-order valence-electron chi connectivity index (χ2n) is 5.25. The smallest absolute Gasteiger partial charge is 0.0406 e. The fourth-order valence-corrected chi connectivity index (χ4v) is 2.40. The zero-order chi connectivity index (χ0) is 13.1. The van der Waals surface area contributed by atoms with Crippen LogP contribution >= 0.6 is 11.6 Å². The Bertz CT molecular complexity index is 526. The molecule has 1 N–H and O–H groups in total. The molecule has 0 unspecified atom stereocenters. The maximum Gasteiger partial charge on any atom is 0.0406 e. The Hall–Kier alpha value is -1.31. The highest BCUT2D eigenvalue weighted by molar-refractivity contribution is 6.30. The molecule has 1 aliphatic rings. The number of benzene rings is 2. The highest BCUT2D eigenvalue weighted by Crippen LogP contribution is 2.39. The fraction of sp³-hybridized carbons (Fsp3) is 0.294. The third-order valence-electron chi connectivity index (χ3n) is 3.60. The lowest BCUT2D eigenvalue weighted by atomic mass is 10.1. The van der Waals surface area contributed by atoms with E-state index in [1.807, 2.05) is 12.1 Å². The van der Waals surface area contributed by atoms with Crippen molar-refractivity contribution in [1.82, 2.24) is 5.32 Å². The van der Waals surface area contributed by atoms with Gasteiger partial charge in [-0.25, -0.2) is 0 Å². The van der Waals surface area contributed by atoms with Gasteiger partial charge in [-0.3, -0.25) is 0 Å². The molecule has 0 aromatic heterocycles. The van der Waals surface area contributed by atoms with E-state index >= 15 is 0 Å². The molecule has 0 atom stereocenters. The molecule has 0 saturated heterocycles. The molecule has 0 bridgehead atoms. The Labute approximate surface area is 119 Å². The molecule has 98 valence electrons. The second-order valence-corrected chi connectivity index (χ2v) is 5.68. The maximum absolute atomic E-state index is 5.87. The molecule has 0 radical (unpaired) electrons. The Morgan fingerprint density at radius 2 is 1.37 bits per heavy atom. The Morgan fingerprint density at radius 3 is 1.89 bits per heavy atom. The molecule has 0 spiro atoms. The van der Waals surface area contributed by atoms with Crippen molar-refractivity contribution in [2.75, 3.05) is 0 Å². The summed E-state index contributed by atoms with van der Waals surface area (Å²) in [7, 11) is 0. The van der Waals surface area contributed by atoms with Crippen LogP contribution in [0, 0.1) is 0 Å². The van der Waals surface area contributed by atoms with E-state index in [9.17, 15) is 0 Å². The van der Waals surface area contributed by atoms with Crippen LogP contribution < -0.4 is 5.32 Å². The molecule has 2 aromatic rings. The van der Waals surface area contributed by atoms with Gasteiger partial charge in [0.25, 0.3) is 0 Å². The molecule has 1 aliphatic carbocycles. The van der Waals surface area contributed by atoms with Crippen molar-refractivity contribution in [2.24, 2.45) is 0 Å². The van der Waals surface area contributed by atoms with Crippen LogP contribution in [0.15, 0.2) is 48.5 Å². The third kappa shape index (κ3) is 3.59. The van der Waals surface area contributed by atoms with Crippen molar-refractivity contribution in [1.29, 1.82) is 0 Å². The molecule has 0 heterocycles. The van der Waals surface area contributed by atoms with E-state index in [-0.39, 0.29) is 0 Å². The minimum Gasteiger partial charge on any atom is -0.309 e. The minimum absolute atomic E-state index is 0.791. The van der Waals surface area contributed by atoms with E-state index in [0.29, 0.717) is 0 Å². The molecule has 1 nitrogen and oxygen atoms in total. The van der Waals surface area contributed by atoms with Crippen LogP contribution in [0.25, 0.3) is 0 Å². The van der Waals surface area contributed by atoms with E-state index < -0.39 is 0 Å². The van der Waals surface area contributed by atoms with Gasteiger partial charge in [-0.1, -0.05) is 48.0 Å². The number of hydrogen-bond donors (Lipinski definition) is 1. The zero-order valence-corrected chi connectivity index (χ0v) is 11.7. The average molecular weight is 272 g/mol. The van der Waals surface area contributed by atoms with Crippen LogP contribution in [0.5, 0.6) is 0 Å². The van der Waals surface area contributed by atoms with Gasteiger partial charge in [0.2, 0.25) is 0 Å². The van der Waals surface area contributed by atoms with E-state index in [2.05, 4.69) is 41.7 Å². The van der Waals surface area contributed by atoms with Gasteiger partial charge in [0.15, 0.2) is 0 Å². The molecule has 1 saturated carbocycles. The van der Waals surface area contributed by atoms with Crippen molar-refractivity contribution >= 4 is 11.6 Å². The molecule has 0 amide bonds. The van der Waals surface area contributed by atoms with Gasteiger partial charge >= 0.3 is 0 Å². The molecule has 3 rings (SSSR count). The topological polar surface area (TPSA) is 12.0 Å². The maximum atomic E-state index is 5.87. The van der Waals surface area contributed by atoms with Gasteiger partial charge in [0, 0.05) is 18.1 Å². The van der Waals surface area contributed by atoms with E-state index in [0.717, 1.165) is 24.0 Å². The van der Waals surface area contributed by atoms with Crippen molar-refractivity contribution in [3.05, 3.63) is 70.2 Å². The predicted octanol–water partition coefficient (Wildman–Crippen LogP) is 4.51. The van der Waals surface area contributed by atoms with Crippen molar-refractivity contribution in [3.8, 4) is 0 Å². The predicted molar refractivity (Wildman–Crippen MR) is 80.4 cm³/mol. The van der Waals surface area contributed by atoms with Gasteiger partial charge < -0.3 is 5.32 Å².